The predicted molar refractivity (Wildman–Crippen MR) is 76.0 cm³/mol. The van der Waals surface area contributed by atoms with Crippen molar-refractivity contribution < 1.29 is 21.6 Å². The van der Waals surface area contributed by atoms with E-state index >= 15 is 0 Å². The van der Waals surface area contributed by atoms with Crippen LogP contribution in [0, 0.1) is 0 Å². The molecule has 0 bridgehead atoms. The zero-order valence-electron chi connectivity index (χ0n) is 11.3. The van der Waals surface area contributed by atoms with Gasteiger partial charge in [0.1, 0.15) is 0 Å². The van der Waals surface area contributed by atoms with Crippen LogP contribution in [0.3, 0.4) is 0 Å². The first-order valence-corrected chi connectivity index (χ1v) is 8.34. The molecule has 1 aromatic rings. The summed E-state index contributed by atoms with van der Waals surface area (Å²) >= 11 is 0. The minimum atomic E-state index is -4.33. The van der Waals surface area contributed by atoms with Gasteiger partial charge in [-0.2, -0.15) is 13.2 Å². The summed E-state index contributed by atoms with van der Waals surface area (Å²) in [6.45, 7) is 0.884. The number of benzene rings is 1. The van der Waals surface area contributed by atoms with E-state index in [-0.39, 0.29) is 0 Å². The van der Waals surface area contributed by atoms with Crippen LogP contribution in [0.15, 0.2) is 18.2 Å². The number of sulfonamides is 1. The van der Waals surface area contributed by atoms with Gasteiger partial charge in [0, 0.05) is 24.3 Å². The lowest BCUT2D eigenvalue weighted by molar-refractivity contribution is -0.134. The molecular weight excluding hydrogens is 305 g/mol. The van der Waals surface area contributed by atoms with Crippen molar-refractivity contribution in [1.82, 2.24) is 0 Å². The SMILES string of the molecule is O=S(=O)(CCCC(F)(F)F)Nc1ccc2c(c1)CCCN2. The van der Waals surface area contributed by atoms with Crippen molar-refractivity contribution in [2.45, 2.75) is 31.9 Å². The Morgan fingerprint density at radius 3 is 2.76 bits per heavy atom. The van der Waals surface area contributed by atoms with E-state index in [0.717, 1.165) is 30.6 Å². The smallest absolute Gasteiger partial charge is 0.385 e. The van der Waals surface area contributed by atoms with E-state index in [9.17, 15) is 21.6 Å². The fourth-order valence-electron chi connectivity index (χ4n) is 2.23. The van der Waals surface area contributed by atoms with Crippen LogP contribution in [0.5, 0.6) is 0 Å². The summed E-state index contributed by atoms with van der Waals surface area (Å²) in [4.78, 5) is 0. The van der Waals surface area contributed by atoms with Crippen LogP contribution < -0.4 is 10.0 Å². The van der Waals surface area contributed by atoms with Gasteiger partial charge in [-0.15, -0.1) is 0 Å². The summed E-state index contributed by atoms with van der Waals surface area (Å²) in [7, 11) is -3.75. The van der Waals surface area contributed by atoms with Crippen molar-refractivity contribution in [2.24, 2.45) is 0 Å². The molecule has 0 saturated heterocycles. The van der Waals surface area contributed by atoms with Gasteiger partial charge >= 0.3 is 6.18 Å². The van der Waals surface area contributed by atoms with Gasteiger partial charge in [0.05, 0.1) is 5.75 Å². The maximum absolute atomic E-state index is 12.0. The second kappa shape index (κ2) is 6.13. The van der Waals surface area contributed by atoms with Crippen LogP contribution in [-0.2, 0) is 16.4 Å². The minimum Gasteiger partial charge on any atom is -0.385 e. The van der Waals surface area contributed by atoms with Gasteiger partial charge in [-0.3, -0.25) is 4.72 Å². The zero-order valence-corrected chi connectivity index (χ0v) is 12.1. The average Bonchev–Trinajstić information content (AvgIpc) is 2.36. The quantitative estimate of drug-likeness (QED) is 0.875. The van der Waals surface area contributed by atoms with Gasteiger partial charge in [-0.05, 0) is 43.0 Å². The zero-order chi connectivity index (χ0) is 15.5. The second-order valence-electron chi connectivity index (χ2n) is 5.04. The third-order valence-electron chi connectivity index (χ3n) is 3.19. The highest BCUT2D eigenvalue weighted by Gasteiger charge is 2.27. The summed E-state index contributed by atoms with van der Waals surface area (Å²) < 4.78 is 61.9. The lowest BCUT2D eigenvalue weighted by Crippen LogP contribution is -2.19. The van der Waals surface area contributed by atoms with Crippen LogP contribution in [0.2, 0.25) is 0 Å². The van der Waals surface area contributed by atoms with Crippen LogP contribution >= 0.6 is 0 Å². The molecular formula is C13H17F3N2O2S. The van der Waals surface area contributed by atoms with E-state index in [1.807, 2.05) is 0 Å². The Morgan fingerprint density at radius 1 is 1.29 bits per heavy atom. The fourth-order valence-corrected chi connectivity index (χ4v) is 3.34. The molecule has 0 amide bonds. The molecule has 21 heavy (non-hydrogen) atoms. The normalized spacial score (nSPS) is 15.2. The van der Waals surface area contributed by atoms with Crippen molar-refractivity contribution >= 4 is 21.4 Å². The number of alkyl halides is 3. The highest BCUT2D eigenvalue weighted by molar-refractivity contribution is 7.92. The number of anilines is 2. The summed E-state index contributed by atoms with van der Waals surface area (Å²) in [6, 6.07) is 5.11. The first kappa shape index (κ1) is 15.9. The van der Waals surface area contributed by atoms with Crippen molar-refractivity contribution in [3.05, 3.63) is 23.8 Å². The number of rotatable bonds is 5. The molecule has 1 heterocycles. The van der Waals surface area contributed by atoms with Crippen LogP contribution in [-0.4, -0.2) is 26.9 Å². The summed E-state index contributed by atoms with van der Waals surface area (Å²) in [5.74, 6) is -0.540. The number of nitrogens with one attached hydrogen (secondary N) is 2. The number of halogens is 3. The molecule has 0 unspecified atom stereocenters. The number of hydrogen-bond donors (Lipinski definition) is 2. The van der Waals surface area contributed by atoms with E-state index in [1.54, 1.807) is 18.2 Å². The molecule has 0 fully saturated rings. The third-order valence-corrected chi connectivity index (χ3v) is 4.56. The predicted octanol–water partition coefficient (Wildman–Crippen LogP) is 3.13. The lowest BCUT2D eigenvalue weighted by atomic mass is 10.0. The minimum absolute atomic E-state index is 0.393. The molecule has 0 spiro atoms. The Balaban J connectivity index is 1.97. The topological polar surface area (TPSA) is 58.2 Å². The molecule has 0 aliphatic carbocycles. The van der Waals surface area contributed by atoms with Gasteiger partial charge < -0.3 is 5.32 Å². The molecule has 1 aliphatic rings. The van der Waals surface area contributed by atoms with Crippen molar-refractivity contribution in [1.29, 1.82) is 0 Å². The van der Waals surface area contributed by atoms with Gasteiger partial charge in [0.25, 0.3) is 0 Å². The summed E-state index contributed by atoms with van der Waals surface area (Å²) in [6.07, 6.45) is -4.04. The lowest BCUT2D eigenvalue weighted by Gasteiger charge is -2.19. The van der Waals surface area contributed by atoms with Gasteiger partial charge in [-0.1, -0.05) is 0 Å². The Labute approximate surface area is 121 Å². The first-order chi connectivity index (χ1) is 9.75. The number of fused-ring (bicyclic) bond motifs is 1. The molecule has 0 aromatic heterocycles. The van der Waals surface area contributed by atoms with Crippen molar-refractivity contribution in [2.75, 3.05) is 22.3 Å². The van der Waals surface area contributed by atoms with E-state index in [1.165, 1.54) is 0 Å². The fraction of sp³-hybridized carbons (Fsp3) is 0.538. The second-order valence-corrected chi connectivity index (χ2v) is 6.88. The molecule has 2 N–H and O–H groups in total. The van der Waals surface area contributed by atoms with Crippen molar-refractivity contribution in [3.8, 4) is 0 Å². The monoisotopic (exact) mass is 322 g/mol. The Morgan fingerprint density at radius 2 is 2.05 bits per heavy atom. The standard InChI is InChI=1S/C13H17F3N2O2S/c14-13(15,16)6-2-8-21(19,20)18-11-4-5-12-10(9-11)3-1-7-17-12/h4-5,9,17-18H,1-3,6-8H2. The third kappa shape index (κ3) is 5.11. The largest absolute Gasteiger partial charge is 0.389 e. The Kier molecular flexibility index (Phi) is 4.65. The molecule has 0 atom stereocenters. The molecule has 8 heteroatoms. The van der Waals surface area contributed by atoms with E-state index in [4.69, 9.17) is 0 Å². The highest BCUT2D eigenvalue weighted by atomic mass is 32.2. The van der Waals surface area contributed by atoms with E-state index < -0.39 is 34.8 Å². The molecule has 0 radical (unpaired) electrons. The summed E-state index contributed by atoms with van der Waals surface area (Å²) in [5, 5.41) is 3.20. The number of hydrogen-bond acceptors (Lipinski definition) is 3. The van der Waals surface area contributed by atoms with Gasteiger partial charge in [0.15, 0.2) is 0 Å². The maximum atomic E-state index is 12.0. The molecule has 4 nitrogen and oxygen atoms in total. The highest BCUT2D eigenvalue weighted by Crippen LogP contribution is 2.26. The Bertz CT molecular complexity index is 600. The number of aryl methyl sites for hydroxylation is 1. The molecule has 1 aliphatic heterocycles. The summed E-state index contributed by atoms with van der Waals surface area (Å²) in [5.41, 5.74) is 2.38. The van der Waals surface area contributed by atoms with Crippen molar-refractivity contribution in [3.63, 3.8) is 0 Å². The Hall–Kier alpha value is -1.44. The van der Waals surface area contributed by atoms with E-state index in [2.05, 4.69) is 10.0 Å². The molecule has 1 aromatic carbocycles. The van der Waals surface area contributed by atoms with E-state index in [0.29, 0.717) is 5.69 Å². The van der Waals surface area contributed by atoms with Crippen LogP contribution in [0.25, 0.3) is 0 Å². The molecule has 0 saturated carbocycles. The van der Waals surface area contributed by atoms with Gasteiger partial charge in [-0.25, -0.2) is 8.42 Å². The van der Waals surface area contributed by atoms with Crippen LogP contribution in [0.4, 0.5) is 24.5 Å². The van der Waals surface area contributed by atoms with Crippen LogP contribution in [0.1, 0.15) is 24.8 Å². The first-order valence-electron chi connectivity index (χ1n) is 6.69. The molecule has 2 rings (SSSR count). The maximum Gasteiger partial charge on any atom is 0.389 e. The average molecular weight is 322 g/mol. The van der Waals surface area contributed by atoms with Gasteiger partial charge in [0.2, 0.25) is 10.0 Å². The molecule has 118 valence electrons.